The Hall–Kier alpha value is -1.30. The number of rotatable bonds is 3. The lowest BCUT2D eigenvalue weighted by molar-refractivity contribution is -0.122. The number of piperidine rings is 1. The van der Waals surface area contributed by atoms with Crippen LogP contribution in [0.1, 0.15) is 40.0 Å². The highest BCUT2D eigenvalue weighted by atomic mass is 35.5. The van der Waals surface area contributed by atoms with Crippen molar-refractivity contribution in [2.75, 3.05) is 11.6 Å². The molecule has 0 saturated carbocycles. The van der Waals surface area contributed by atoms with Crippen LogP contribution in [0.3, 0.4) is 0 Å². The van der Waals surface area contributed by atoms with Crippen LogP contribution in [-0.2, 0) is 4.79 Å². The predicted molar refractivity (Wildman–Crippen MR) is 103 cm³/mol. The van der Waals surface area contributed by atoms with Crippen molar-refractivity contribution in [1.82, 2.24) is 10.4 Å². The molecule has 136 valence electrons. The number of benzene rings is 1. The molecule has 5 nitrogen and oxygen atoms in total. The molecular formula is C18H24Cl2N4O. The number of nitrogens with zero attached hydrogens (tertiary/aromatic N) is 3. The standard InChI is InChI=1S/C18H24Cl2N4O/c1-11-10-23(16-8-7-14(19)9-15(16)20)21-17(11)18(25)22-24-12(2)5-4-6-13(24)3/h7-9,11-13H,4-6,10H2,1-3H3,(H,22,25)/t11?,12-,13+. The number of hydrogen-bond acceptors (Lipinski definition) is 4. The Bertz CT molecular complexity index is 684. The van der Waals surface area contributed by atoms with Gasteiger partial charge >= 0.3 is 0 Å². The molecule has 3 atom stereocenters. The van der Waals surface area contributed by atoms with Crippen molar-refractivity contribution in [3.8, 4) is 0 Å². The van der Waals surface area contributed by atoms with E-state index in [0.29, 0.717) is 34.4 Å². The second-order valence-electron chi connectivity index (χ2n) is 7.04. The summed E-state index contributed by atoms with van der Waals surface area (Å²) in [6.45, 7) is 6.92. The Morgan fingerprint density at radius 1 is 1.20 bits per heavy atom. The average Bonchev–Trinajstić information content (AvgIpc) is 2.92. The number of amides is 1. The van der Waals surface area contributed by atoms with Crippen LogP contribution in [0.4, 0.5) is 5.69 Å². The lowest BCUT2D eigenvalue weighted by Crippen LogP contribution is -2.55. The molecule has 0 spiro atoms. The van der Waals surface area contributed by atoms with E-state index < -0.39 is 0 Å². The molecule has 3 rings (SSSR count). The summed E-state index contributed by atoms with van der Waals surface area (Å²) in [5, 5.41) is 9.49. The maximum Gasteiger partial charge on any atom is 0.282 e. The van der Waals surface area contributed by atoms with E-state index in [0.717, 1.165) is 18.5 Å². The van der Waals surface area contributed by atoms with E-state index >= 15 is 0 Å². The molecule has 1 aromatic carbocycles. The van der Waals surface area contributed by atoms with Gasteiger partial charge in [-0.2, -0.15) is 5.10 Å². The van der Waals surface area contributed by atoms with E-state index in [1.165, 1.54) is 6.42 Å². The fourth-order valence-corrected chi connectivity index (χ4v) is 4.05. The minimum Gasteiger partial charge on any atom is -0.283 e. The summed E-state index contributed by atoms with van der Waals surface area (Å²) in [5.74, 6) is -0.0946. The largest absolute Gasteiger partial charge is 0.283 e. The van der Waals surface area contributed by atoms with E-state index in [2.05, 4.69) is 29.4 Å². The smallest absolute Gasteiger partial charge is 0.282 e. The first-order valence-corrected chi connectivity index (χ1v) is 9.52. The molecule has 1 saturated heterocycles. The fraction of sp³-hybridized carbons (Fsp3) is 0.556. The lowest BCUT2D eigenvalue weighted by atomic mass is 9.99. The van der Waals surface area contributed by atoms with Crippen LogP contribution in [-0.4, -0.2) is 35.3 Å². The predicted octanol–water partition coefficient (Wildman–Crippen LogP) is 4.10. The van der Waals surface area contributed by atoms with Crippen LogP contribution in [0.5, 0.6) is 0 Å². The Labute approximate surface area is 158 Å². The second kappa shape index (κ2) is 7.52. The third-order valence-corrected chi connectivity index (χ3v) is 5.52. The van der Waals surface area contributed by atoms with Gasteiger partial charge in [0, 0.05) is 23.0 Å². The van der Waals surface area contributed by atoms with Crippen molar-refractivity contribution in [3.05, 3.63) is 28.2 Å². The van der Waals surface area contributed by atoms with Gasteiger partial charge in [-0.05, 0) is 44.9 Å². The number of halogens is 2. The molecule has 0 aliphatic carbocycles. The van der Waals surface area contributed by atoms with Gasteiger partial charge in [0.1, 0.15) is 5.71 Å². The highest BCUT2D eigenvalue weighted by Crippen LogP contribution is 2.32. The SMILES string of the molecule is CC1CN(c2ccc(Cl)cc2Cl)N=C1C(=O)NN1[C@H](C)CCC[C@@H]1C. The molecule has 2 aliphatic rings. The summed E-state index contributed by atoms with van der Waals surface area (Å²) in [5.41, 5.74) is 4.37. The summed E-state index contributed by atoms with van der Waals surface area (Å²) in [6.07, 6.45) is 3.40. The van der Waals surface area contributed by atoms with Gasteiger partial charge in [-0.1, -0.05) is 36.5 Å². The molecule has 7 heteroatoms. The molecule has 25 heavy (non-hydrogen) atoms. The number of hydrazone groups is 1. The minimum atomic E-state index is -0.124. The Kier molecular flexibility index (Phi) is 5.56. The quantitative estimate of drug-likeness (QED) is 0.855. The zero-order valence-electron chi connectivity index (χ0n) is 14.8. The first-order valence-electron chi connectivity index (χ1n) is 8.77. The molecule has 0 aromatic heterocycles. The number of hydrogen-bond donors (Lipinski definition) is 1. The molecule has 1 N–H and O–H groups in total. The fourth-order valence-electron chi connectivity index (χ4n) is 3.54. The summed E-state index contributed by atoms with van der Waals surface area (Å²) in [6, 6.07) is 5.97. The van der Waals surface area contributed by atoms with Gasteiger partial charge in [0.25, 0.3) is 5.91 Å². The van der Waals surface area contributed by atoms with E-state index in [9.17, 15) is 4.79 Å². The zero-order valence-corrected chi connectivity index (χ0v) is 16.3. The van der Waals surface area contributed by atoms with E-state index in [4.69, 9.17) is 23.2 Å². The molecule has 2 aliphatic heterocycles. The number of hydrazine groups is 1. The van der Waals surface area contributed by atoms with E-state index in [1.807, 2.05) is 13.0 Å². The third-order valence-electron chi connectivity index (χ3n) is 4.99. The summed E-state index contributed by atoms with van der Waals surface area (Å²) in [7, 11) is 0. The van der Waals surface area contributed by atoms with Gasteiger partial charge in [-0.15, -0.1) is 0 Å². The lowest BCUT2D eigenvalue weighted by Gasteiger charge is -2.38. The van der Waals surface area contributed by atoms with Crippen molar-refractivity contribution >= 4 is 40.5 Å². The van der Waals surface area contributed by atoms with Crippen molar-refractivity contribution < 1.29 is 4.79 Å². The van der Waals surface area contributed by atoms with Crippen molar-refractivity contribution in [2.24, 2.45) is 11.0 Å². The Morgan fingerprint density at radius 3 is 2.52 bits per heavy atom. The first kappa shape index (κ1) is 18.5. The topological polar surface area (TPSA) is 47.9 Å². The van der Waals surface area contributed by atoms with Crippen LogP contribution in [0.25, 0.3) is 0 Å². The highest BCUT2D eigenvalue weighted by molar-refractivity contribution is 6.40. The van der Waals surface area contributed by atoms with Gasteiger partial charge in [-0.3, -0.25) is 15.2 Å². The minimum absolute atomic E-state index is 0.0298. The van der Waals surface area contributed by atoms with Gasteiger partial charge in [0.15, 0.2) is 0 Å². The number of anilines is 1. The van der Waals surface area contributed by atoms with E-state index in [1.54, 1.807) is 17.1 Å². The van der Waals surface area contributed by atoms with Gasteiger partial charge in [0.05, 0.1) is 17.3 Å². The number of carbonyl (C=O) groups is 1. The summed E-state index contributed by atoms with van der Waals surface area (Å²) < 4.78 is 0. The molecule has 2 heterocycles. The number of carbonyl (C=O) groups excluding carboxylic acids is 1. The van der Waals surface area contributed by atoms with E-state index in [-0.39, 0.29) is 11.8 Å². The van der Waals surface area contributed by atoms with Gasteiger partial charge in [0.2, 0.25) is 0 Å². The van der Waals surface area contributed by atoms with Gasteiger partial charge in [-0.25, -0.2) is 5.01 Å². The molecule has 1 fully saturated rings. The maximum atomic E-state index is 12.8. The Balaban J connectivity index is 1.75. The molecule has 1 amide bonds. The van der Waals surface area contributed by atoms with Crippen LogP contribution in [0.15, 0.2) is 23.3 Å². The Morgan fingerprint density at radius 2 is 1.88 bits per heavy atom. The third kappa shape index (κ3) is 3.94. The number of nitrogens with one attached hydrogen (secondary N) is 1. The molecule has 1 unspecified atom stereocenters. The zero-order chi connectivity index (χ0) is 18.1. The molecule has 0 radical (unpaired) electrons. The van der Waals surface area contributed by atoms with Crippen LogP contribution in [0, 0.1) is 5.92 Å². The van der Waals surface area contributed by atoms with Crippen LogP contribution in [0.2, 0.25) is 10.0 Å². The second-order valence-corrected chi connectivity index (χ2v) is 7.88. The molecule has 0 bridgehead atoms. The first-order chi connectivity index (χ1) is 11.9. The molecular weight excluding hydrogens is 359 g/mol. The van der Waals surface area contributed by atoms with Gasteiger partial charge < -0.3 is 0 Å². The average molecular weight is 383 g/mol. The summed E-state index contributed by atoms with van der Waals surface area (Å²) in [4.78, 5) is 12.8. The maximum absolute atomic E-state index is 12.8. The monoisotopic (exact) mass is 382 g/mol. The van der Waals surface area contributed by atoms with Crippen LogP contribution < -0.4 is 10.4 Å². The summed E-state index contributed by atoms with van der Waals surface area (Å²) >= 11 is 12.2. The molecule has 1 aromatic rings. The van der Waals surface area contributed by atoms with Crippen LogP contribution >= 0.6 is 23.2 Å². The highest BCUT2D eigenvalue weighted by Gasteiger charge is 2.33. The van der Waals surface area contributed by atoms with Crippen molar-refractivity contribution in [2.45, 2.75) is 52.1 Å². The van der Waals surface area contributed by atoms with Crippen molar-refractivity contribution in [3.63, 3.8) is 0 Å². The van der Waals surface area contributed by atoms with Crippen molar-refractivity contribution in [1.29, 1.82) is 0 Å². The normalized spacial score (nSPS) is 27.3.